The topological polar surface area (TPSA) is 49.8 Å². The van der Waals surface area contributed by atoms with Gasteiger partial charge in [0.05, 0.1) is 7.11 Å². The van der Waals surface area contributed by atoms with Crippen LogP contribution < -0.4 is 4.74 Å². The largest absolute Gasteiger partial charge is 0.497 e. The smallest absolute Gasteiger partial charge is 0.320 e. The van der Waals surface area contributed by atoms with Crippen molar-refractivity contribution in [1.29, 1.82) is 0 Å². The van der Waals surface area contributed by atoms with Crippen LogP contribution in [0.2, 0.25) is 0 Å². The Bertz CT molecular complexity index is 400. The van der Waals surface area contributed by atoms with Gasteiger partial charge in [-0.2, -0.15) is 0 Å². The van der Waals surface area contributed by atoms with Crippen LogP contribution in [-0.4, -0.2) is 36.2 Å². The molecule has 1 rings (SSSR count). The predicted molar refractivity (Wildman–Crippen MR) is 75.3 cm³/mol. The molecule has 4 heteroatoms. The van der Waals surface area contributed by atoms with Gasteiger partial charge in [-0.3, -0.25) is 9.69 Å². The highest BCUT2D eigenvalue weighted by Gasteiger charge is 2.23. The second-order valence-corrected chi connectivity index (χ2v) is 5.25. The molecule has 4 nitrogen and oxygen atoms in total. The van der Waals surface area contributed by atoms with Crippen LogP contribution in [-0.2, 0) is 11.3 Å². The molecule has 0 saturated heterocycles. The van der Waals surface area contributed by atoms with E-state index in [1.54, 1.807) is 7.11 Å². The van der Waals surface area contributed by atoms with E-state index < -0.39 is 12.0 Å². The first-order valence-electron chi connectivity index (χ1n) is 6.50. The summed E-state index contributed by atoms with van der Waals surface area (Å²) in [5, 5.41) is 9.29. The molecular formula is C15H23NO3. The zero-order valence-electron chi connectivity index (χ0n) is 12.1. The van der Waals surface area contributed by atoms with E-state index in [4.69, 9.17) is 4.74 Å². The fourth-order valence-corrected chi connectivity index (χ4v) is 2.04. The molecule has 1 N–H and O–H groups in total. The molecule has 0 spiro atoms. The lowest BCUT2D eigenvalue weighted by atomic mass is 10.0. The third-order valence-corrected chi connectivity index (χ3v) is 3.10. The average molecular weight is 265 g/mol. The van der Waals surface area contributed by atoms with Crippen LogP contribution in [0.4, 0.5) is 0 Å². The lowest BCUT2D eigenvalue weighted by Crippen LogP contribution is -2.39. The van der Waals surface area contributed by atoms with Gasteiger partial charge in [-0.05, 0) is 37.1 Å². The van der Waals surface area contributed by atoms with Crippen LogP contribution in [0.25, 0.3) is 0 Å². The van der Waals surface area contributed by atoms with Crippen molar-refractivity contribution in [3.05, 3.63) is 29.8 Å². The standard InChI is InChI=1S/C15H23NO3/c1-11(2)9-14(15(17)18)16(3)10-12-5-7-13(19-4)8-6-12/h5-8,11,14H,9-10H2,1-4H3,(H,17,18). The fourth-order valence-electron chi connectivity index (χ4n) is 2.04. The second kappa shape index (κ2) is 7.14. The molecule has 1 aromatic rings. The minimum Gasteiger partial charge on any atom is -0.497 e. The van der Waals surface area contributed by atoms with Gasteiger partial charge in [0.2, 0.25) is 0 Å². The third kappa shape index (κ3) is 4.91. The normalized spacial score (nSPS) is 12.7. The molecule has 0 aliphatic heterocycles. The molecule has 106 valence electrons. The first-order valence-corrected chi connectivity index (χ1v) is 6.50. The fraction of sp³-hybridized carbons (Fsp3) is 0.533. The molecule has 0 saturated carbocycles. The van der Waals surface area contributed by atoms with E-state index in [0.717, 1.165) is 11.3 Å². The molecule has 19 heavy (non-hydrogen) atoms. The van der Waals surface area contributed by atoms with Gasteiger partial charge in [-0.15, -0.1) is 0 Å². The zero-order chi connectivity index (χ0) is 14.4. The van der Waals surface area contributed by atoms with E-state index in [-0.39, 0.29) is 0 Å². The van der Waals surface area contributed by atoms with Crippen molar-refractivity contribution < 1.29 is 14.6 Å². The first-order chi connectivity index (χ1) is 8.93. The summed E-state index contributed by atoms with van der Waals surface area (Å²) in [6.07, 6.45) is 0.655. The Morgan fingerprint density at radius 3 is 2.32 bits per heavy atom. The van der Waals surface area contributed by atoms with Crippen molar-refractivity contribution >= 4 is 5.97 Å². The summed E-state index contributed by atoms with van der Waals surface area (Å²) in [6.45, 7) is 4.70. The van der Waals surface area contributed by atoms with Crippen LogP contribution in [0.5, 0.6) is 5.75 Å². The van der Waals surface area contributed by atoms with Gasteiger partial charge in [0.15, 0.2) is 0 Å². The van der Waals surface area contributed by atoms with Gasteiger partial charge >= 0.3 is 5.97 Å². The summed E-state index contributed by atoms with van der Waals surface area (Å²) in [4.78, 5) is 13.2. The van der Waals surface area contributed by atoms with Gasteiger partial charge in [-0.1, -0.05) is 26.0 Å². The Hall–Kier alpha value is -1.55. The molecule has 1 aromatic carbocycles. The maximum absolute atomic E-state index is 11.3. The Morgan fingerprint density at radius 1 is 1.32 bits per heavy atom. The van der Waals surface area contributed by atoms with Gasteiger partial charge < -0.3 is 9.84 Å². The van der Waals surface area contributed by atoms with Gasteiger partial charge in [0, 0.05) is 6.54 Å². The van der Waals surface area contributed by atoms with E-state index in [9.17, 15) is 9.90 Å². The molecular weight excluding hydrogens is 242 g/mol. The van der Waals surface area contributed by atoms with Gasteiger partial charge in [0.25, 0.3) is 0 Å². The molecule has 0 aliphatic carbocycles. The Morgan fingerprint density at radius 2 is 1.89 bits per heavy atom. The van der Waals surface area contributed by atoms with Crippen molar-refractivity contribution in [3.8, 4) is 5.75 Å². The Kier molecular flexibility index (Phi) is 5.83. The number of carboxylic acids is 1. The molecule has 0 fully saturated rings. The van der Waals surface area contributed by atoms with E-state index in [0.29, 0.717) is 18.9 Å². The van der Waals surface area contributed by atoms with Gasteiger partial charge in [0.1, 0.15) is 11.8 Å². The lowest BCUT2D eigenvalue weighted by Gasteiger charge is -2.26. The number of benzene rings is 1. The summed E-state index contributed by atoms with van der Waals surface area (Å²) in [6, 6.07) is 7.26. The van der Waals surface area contributed by atoms with Crippen molar-refractivity contribution in [1.82, 2.24) is 4.90 Å². The number of methoxy groups -OCH3 is 1. The van der Waals surface area contributed by atoms with Crippen molar-refractivity contribution in [2.75, 3.05) is 14.2 Å². The zero-order valence-corrected chi connectivity index (χ0v) is 12.1. The Balaban J connectivity index is 2.69. The lowest BCUT2D eigenvalue weighted by molar-refractivity contribution is -0.143. The van der Waals surface area contributed by atoms with E-state index in [2.05, 4.69) is 0 Å². The number of rotatable bonds is 7. The highest BCUT2D eigenvalue weighted by atomic mass is 16.5. The minimum atomic E-state index is -0.760. The SMILES string of the molecule is COc1ccc(CN(C)C(CC(C)C)C(=O)O)cc1. The monoisotopic (exact) mass is 265 g/mol. The summed E-state index contributed by atoms with van der Waals surface area (Å²) in [5.41, 5.74) is 1.08. The molecule has 1 atom stereocenters. The summed E-state index contributed by atoms with van der Waals surface area (Å²) in [5.74, 6) is 0.410. The van der Waals surface area contributed by atoms with E-state index in [1.165, 1.54) is 0 Å². The van der Waals surface area contributed by atoms with Crippen LogP contribution >= 0.6 is 0 Å². The number of aliphatic carboxylic acids is 1. The van der Waals surface area contributed by atoms with E-state index in [1.807, 2.05) is 50.1 Å². The number of ether oxygens (including phenoxy) is 1. The first kappa shape index (κ1) is 15.5. The van der Waals surface area contributed by atoms with Crippen LogP contribution in [0.1, 0.15) is 25.8 Å². The second-order valence-electron chi connectivity index (χ2n) is 5.25. The number of carboxylic acid groups (broad SMARTS) is 1. The number of hydrogen-bond acceptors (Lipinski definition) is 3. The number of carbonyl (C=O) groups is 1. The number of nitrogens with zero attached hydrogens (tertiary/aromatic N) is 1. The third-order valence-electron chi connectivity index (χ3n) is 3.10. The van der Waals surface area contributed by atoms with Gasteiger partial charge in [-0.25, -0.2) is 0 Å². The van der Waals surface area contributed by atoms with Crippen LogP contribution in [0.15, 0.2) is 24.3 Å². The molecule has 1 unspecified atom stereocenters. The molecule has 0 bridgehead atoms. The minimum absolute atomic E-state index is 0.361. The summed E-state index contributed by atoms with van der Waals surface area (Å²) >= 11 is 0. The van der Waals surface area contributed by atoms with Crippen molar-refractivity contribution in [2.24, 2.45) is 5.92 Å². The maximum atomic E-state index is 11.3. The molecule has 0 heterocycles. The highest BCUT2D eigenvalue weighted by Crippen LogP contribution is 2.16. The number of hydrogen-bond donors (Lipinski definition) is 1. The predicted octanol–water partition coefficient (Wildman–Crippen LogP) is 2.63. The maximum Gasteiger partial charge on any atom is 0.320 e. The average Bonchev–Trinajstić information content (AvgIpc) is 2.36. The quantitative estimate of drug-likeness (QED) is 0.823. The van der Waals surface area contributed by atoms with E-state index >= 15 is 0 Å². The molecule has 0 radical (unpaired) electrons. The Labute approximate surface area is 115 Å². The molecule has 0 aromatic heterocycles. The number of likely N-dealkylation sites (N-methyl/N-ethyl adjacent to an activating group) is 1. The van der Waals surface area contributed by atoms with Crippen molar-refractivity contribution in [2.45, 2.75) is 32.9 Å². The summed E-state index contributed by atoms with van der Waals surface area (Å²) < 4.78 is 5.10. The van der Waals surface area contributed by atoms with Crippen LogP contribution in [0, 0.1) is 5.92 Å². The van der Waals surface area contributed by atoms with Crippen molar-refractivity contribution in [3.63, 3.8) is 0 Å². The molecule has 0 aliphatic rings. The van der Waals surface area contributed by atoms with Crippen LogP contribution in [0.3, 0.4) is 0 Å². The summed E-state index contributed by atoms with van der Waals surface area (Å²) in [7, 11) is 3.48. The molecule has 0 amide bonds. The highest BCUT2D eigenvalue weighted by molar-refractivity contribution is 5.73.